The first-order valence-electron chi connectivity index (χ1n) is 9.14. The van der Waals surface area contributed by atoms with E-state index in [1.807, 2.05) is 11.8 Å². The van der Waals surface area contributed by atoms with E-state index in [1.54, 1.807) is 0 Å². The van der Waals surface area contributed by atoms with Crippen LogP contribution in [-0.4, -0.2) is 45.7 Å². The van der Waals surface area contributed by atoms with Gasteiger partial charge in [0.25, 0.3) is 0 Å². The summed E-state index contributed by atoms with van der Waals surface area (Å²) in [5.74, 6) is -1.79. The van der Waals surface area contributed by atoms with E-state index < -0.39 is 17.5 Å². The molecular formula is C18H35NO4. The van der Waals surface area contributed by atoms with Crippen LogP contribution in [0.5, 0.6) is 0 Å². The molecule has 2 N–H and O–H groups in total. The van der Waals surface area contributed by atoms with E-state index in [1.165, 1.54) is 0 Å². The van der Waals surface area contributed by atoms with Crippen LogP contribution in [-0.2, 0) is 9.59 Å². The maximum absolute atomic E-state index is 12.1. The lowest BCUT2D eigenvalue weighted by Crippen LogP contribution is -2.55. The van der Waals surface area contributed by atoms with Crippen LogP contribution < -0.4 is 0 Å². The fourth-order valence-electron chi connectivity index (χ4n) is 3.18. The van der Waals surface area contributed by atoms with E-state index in [9.17, 15) is 14.7 Å². The highest BCUT2D eigenvalue weighted by Crippen LogP contribution is 2.30. The van der Waals surface area contributed by atoms with E-state index in [4.69, 9.17) is 5.11 Å². The first-order valence-corrected chi connectivity index (χ1v) is 9.14. The van der Waals surface area contributed by atoms with Crippen molar-refractivity contribution in [3.63, 3.8) is 0 Å². The smallest absolute Gasteiger partial charge is 0.324 e. The molecule has 0 spiro atoms. The van der Waals surface area contributed by atoms with Crippen molar-refractivity contribution in [1.82, 2.24) is 4.90 Å². The molecule has 23 heavy (non-hydrogen) atoms. The van der Waals surface area contributed by atoms with Gasteiger partial charge in [-0.15, -0.1) is 0 Å². The Bertz CT molecular complexity index is 346. The summed E-state index contributed by atoms with van der Waals surface area (Å²) < 4.78 is 0. The zero-order chi connectivity index (χ0) is 17.7. The lowest BCUT2D eigenvalue weighted by molar-refractivity contribution is -0.154. The topological polar surface area (TPSA) is 77.8 Å². The van der Waals surface area contributed by atoms with Gasteiger partial charge in [-0.3, -0.25) is 14.5 Å². The zero-order valence-corrected chi connectivity index (χ0v) is 15.1. The van der Waals surface area contributed by atoms with E-state index in [0.29, 0.717) is 13.0 Å². The third-order valence-electron chi connectivity index (χ3n) is 4.61. The van der Waals surface area contributed by atoms with Crippen LogP contribution in [0.2, 0.25) is 0 Å². The standard InChI is InChI=1S/C18H35NO4/c1-4-7-9-10-13-18(17(22)23,14-12-16(20)21)19(6-3)15-11-8-5-2/h4-15H2,1-3H3,(H,20,21)(H,22,23)/t18-/m0/s1. The van der Waals surface area contributed by atoms with Gasteiger partial charge in [-0.1, -0.05) is 59.3 Å². The molecule has 0 aromatic heterocycles. The molecule has 0 aromatic carbocycles. The Morgan fingerprint density at radius 3 is 1.96 bits per heavy atom. The molecule has 0 radical (unpaired) electrons. The van der Waals surface area contributed by atoms with Gasteiger partial charge in [-0.25, -0.2) is 0 Å². The van der Waals surface area contributed by atoms with Crippen molar-refractivity contribution in [2.45, 2.75) is 90.5 Å². The Hall–Kier alpha value is -1.10. The van der Waals surface area contributed by atoms with E-state index in [-0.39, 0.29) is 12.8 Å². The summed E-state index contributed by atoms with van der Waals surface area (Å²) in [5.41, 5.74) is -1.03. The van der Waals surface area contributed by atoms with E-state index in [2.05, 4.69) is 13.8 Å². The molecule has 0 saturated carbocycles. The highest BCUT2D eigenvalue weighted by atomic mass is 16.4. The van der Waals surface area contributed by atoms with Crippen LogP contribution in [0.1, 0.15) is 85.0 Å². The van der Waals surface area contributed by atoms with Gasteiger partial charge in [0, 0.05) is 6.42 Å². The number of hydrogen-bond acceptors (Lipinski definition) is 3. The quantitative estimate of drug-likeness (QED) is 0.441. The number of carboxylic acids is 2. The molecule has 0 heterocycles. The molecule has 5 heteroatoms. The fourth-order valence-corrected chi connectivity index (χ4v) is 3.18. The predicted molar refractivity (Wildman–Crippen MR) is 92.8 cm³/mol. The third kappa shape index (κ3) is 7.82. The highest BCUT2D eigenvalue weighted by molar-refractivity contribution is 5.80. The molecule has 0 aliphatic rings. The van der Waals surface area contributed by atoms with Gasteiger partial charge in [-0.05, 0) is 32.4 Å². The van der Waals surface area contributed by atoms with Crippen LogP contribution in [0.25, 0.3) is 0 Å². The Balaban J connectivity index is 5.13. The molecule has 5 nitrogen and oxygen atoms in total. The minimum atomic E-state index is -1.03. The number of aliphatic carboxylic acids is 2. The van der Waals surface area contributed by atoms with Gasteiger partial charge >= 0.3 is 11.9 Å². The number of likely N-dealkylation sites (N-methyl/N-ethyl adjacent to an activating group) is 1. The van der Waals surface area contributed by atoms with Gasteiger partial charge in [0.2, 0.25) is 0 Å². The molecule has 136 valence electrons. The van der Waals surface area contributed by atoms with Crippen molar-refractivity contribution in [3.05, 3.63) is 0 Å². The minimum Gasteiger partial charge on any atom is -0.481 e. The van der Waals surface area contributed by atoms with Crippen molar-refractivity contribution in [2.75, 3.05) is 13.1 Å². The molecule has 0 fully saturated rings. The summed E-state index contributed by atoms with van der Waals surface area (Å²) in [6.07, 6.45) is 7.78. The van der Waals surface area contributed by atoms with Crippen LogP contribution in [0.4, 0.5) is 0 Å². The SMILES string of the molecule is CCCCCC[C@](CCC(=O)O)(C(=O)O)N(CC)CCCCC. The molecule has 0 saturated heterocycles. The van der Waals surface area contributed by atoms with E-state index >= 15 is 0 Å². The number of hydrogen-bond donors (Lipinski definition) is 2. The Kier molecular flexibility index (Phi) is 11.7. The largest absolute Gasteiger partial charge is 0.481 e. The number of nitrogens with zero attached hydrogens (tertiary/aromatic N) is 1. The van der Waals surface area contributed by atoms with Crippen molar-refractivity contribution in [1.29, 1.82) is 0 Å². The van der Waals surface area contributed by atoms with Gasteiger partial charge in [0.05, 0.1) is 0 Å². The highest BCUT2D eigenvalue weighted by Gasteiger charge is 2.42. The third-order valence-corrected chi connectivity index (χ3v) is 4.61. The number of carbonyl (C=O) groups is 2. The first kappa shape index (κ1) is 21.9. The Morgan fingerprint density at radius 1 is 0.870 bits per heavy atom. The summed E-state index contributed by atoms with van der Waals surface area (Å²) in [6, 6.07) is 0. The van der Waals surface area contributed by atoms with Gasteiger partial charge in [-0.2, -0.15) is 0 Å². The van der Waals surface area contributed by atoms with Crippen LogP contribution in [0, 0.1) is 0 Å². The Morgan fingerprint density at radius 2 is 1.48 bits per heavy atom. The average molecular weight is 329 g/mol. The maximum Gasteiger partial charge on any atom is 0.324 e. The van der Waals surface area contributed by atoms with Gasteiger partial charge in [0.1, 0.15) is 5.54 Å². The fraction of sp³-hybridized carbons (Fsp3) is 0.889. The second-order valence-corrected chi connectivity index (χ2v) is 6.33. The lowest BCUT2D eigenvalue weighted by Gasteiger charge is -2.40. The molecule has 0 aromatic rings. The van der Waals surface area contributed by atoms with Crippen LogP contribution in [0.3, 0.4) is 0 Å². The molecule has 1 atom stereocenters. The molecule has 0 aliphatic carbocycles. The van der Waals surface area contributed by atoms with Crippen molar-refractivity contribution >= 4 is 11.9 Å². The first-order chi connectivity index (χ1) is 10.9. The molecule has 0 rings (SSSR count). The molecule has 0 unspecified atom stereocenters. The molecule has 0 amide bonds. The molecule has 0 bridgehead atoms. The normalized spacial score (nSPS) is 13.9. The minimum absolute atomic E-state index is 0.0929. The summed E-state index contributed by atoms with van der Waals surface area (Å²) in [7, 11) is 0. The number of carboxylic acid groups (broad SMARTS) is 2. The second kappa shape index (κ2) is 12.3. The van der Waals surface area contributed by atoms with Crippen molar-refractivity contribution < 1.29 is 19.8 Å². The maximum atomic E-state index is 12.1. The van der Waals surface area contributed by atoms with Gasteiger partial charge in [0.15, 0.2) is 0 Å². The summed E-state index contributed by atoms with van der Waals surface area (Å²) in [4.78, 5) is 25.1. The van der Waals surface area contributed by atoms with Crippen molar-refractivity contribution in [3.8, 4) is 0 Å². The number of unbranched alkanes of at least 4 members (excludes halogenated alkanes) is 5. The molecule has 0 aliphatic heterocycles. The summed E-state index contributed by atoms with van der Waals surface area (Å²) >= 11 is 0. The number of rotatable bonds is 15. The predicted octanol–water partition coefficient (Wildman–Crippen LogP) is 4.16. The van der Waals surface area contributed by atoms with Crippen molar-refractivity contribution in [2.24, 2.45) is 0 Å². The molecular weight excluding hydrogens is 294 g/mol. The van der Waals surface area contributed by atoms with Crippen LogP contribution in [0.15, 0.2) is 0 Å². The monoisotopic (exact) mass is 329 g/mol. The summed E-state index contributed by atoms with van der Waals surface area (Å²) in [6.45, 7) is 7.58. The second-order valence-electron chi connectivity index (χ2n) is 6.33. The zero-order valence-electron chi connectivity index (χ0n) is 15.1. The average Bonchev–Trinajstić information content (AvgIpc) is 2.51. The van der Waals surface area contributed by atoms with E-state index in [0.717, 1.165) is 51.5 Å². The Labute approximate surface area is 141 Å². The van der Waals surface area contributed by atoms with Gasteiger partial charge < -0.3 is 10.2 Å². The summed E-state index contributed by atoms with van der Waals surface area (Å²) in [5, 5.41) is 18.9. The van der Waals surface area contributed by atoms with Crippen LogP contribution >= 0.6 is 0 Å². The lowest BCUT2D eigenvalue weighted by atomic mass is 9.85.